The molecule has 0 aliphatic heterocycles. The topological polar surface area (TPSA) is 9.23 Å². The molecule has 16 heavy (non-hydrogen) atoms. The number of benzene rings is 1. The molecule has 0 fully saturated rings. The van der Waals surface area contributed by atoms with E-state index in [0.29, 0.717) is 5.92 Å². The van der Waals surface area contributed by atoms with Crippen LogP contribution in [0.15, 0.2) is 12.1 Å². The molecule has 1 aromatic carbocycles. The van der Waals surface area contributed by atoms with Gasteiger partial charge in [-0.05, 0) is 49.8 Å². The van der Waals surface area contributed by atoms with Crippen LogP contribution in [-0.4, -0.2) is 6.10 Å². The highest BCUT2D eigenvalue weighted by atomic mass is 16.5. The molecule has 0 amide bonds. The number of ether oxygens (including phenoxy) is 1. The predicted octanol–water partition coefficient (Wildman–Crippen LogP) is 4.47. The van der Waals surface area contributed by atoms with Gasteiger partial charge in [-0.25, -0.2) is 0 Å². The Hall–Kier alpha value is -0.980. The molecule has 0 saturated heterocycles. The molecular formula is C15H24O. The summed E-state index contributed by atoms with van der Waals surface area (Å²) in [6, 6.07) is 4.53. The number of rotatable bonds is 4. The standard InChI is InChI=1S/C15H24O/c1-7-13-8-12(6)15(16-11(4)5)14(9-13)10(2)3/h8-11H,7H2,1-6H3. The minimum Gasteiger partial charge on any atom is -0.490 e. The summed E-state index contributed by atoms with van der Waals surface area (Å²) in [5, 5.41) is 0. The first-order chi connectivity index (χ1) is 7.45. The summed E-state index contributed by atoms with van der Waals surface area (Å²) in [5.74, 6) is 1.60. The van der Waals surface area contributed by atoms with Crippen molar-refractivity contribution in [2.24, 2.45) is 0 Å². The van der Waals surface area contributed by atoms with E-state index in [1.54, 1.807) is 0 Å². The van der Waals surface area contributed by atoms with Crippen molar-refractivity contribution in [2.75, 3.05) is 0 Å². The van der Waals surface area contributed by atoms with Gasteiger partial charge in [-0.15, -0.1) is 0 Å². The van der Waals surface area contributed by atoms with E-state index in [1.165, 1.54) is 16.7 Å². The van der Waals surface area contributed by atoms with Crippen LogP contribution in [0.2, 0.25) is 0 Å². The van der Waals surface area contributed by atoms with Gasteiger partial charge in [0.05, 0.1) is 6.10 Å². The van der Waals surface area contributed by atoms with Crippen LogP contribution in [0.5, 0.6) is 5.75 Å². The summed E-state index contributed by atoms with van der Waals surface area (Å²) in [5.41, 5.74) is 4.00. The maximum absolute atomic E-state index is 5.94. The SMILES string of the molecule is CCc1cc(C)c(OC(C)C)c(C(C)C)c1. The molecular weight excluding hydrogens is 196 g/mol. The van der Waals surface area contributed by atoms with Crippen molar-refractivity contribution in [3.63, 3.8) is 0 Å². The monoisotopic (exact) mass is 220 g/mol. The first-order valence-corrected chi connectivity index (χ1v) is 6.25. The fraction of sp³-hybridized carbons (Fsp3) is 0.600. The van der Waals surface area contributed by atoms with Crippen LogP contribution in [0.3, 0.4) is 0 Å². The van der Waals surface area contributed by atoms with Gasteiger partial charge in [0.1, 0.15) is 5.75 Å². The van der Waals surface area contributed by atoms with E-state index in [9.17, 15) is 0 Å². The van der Waals surface area contributed by atoms with E-state index in [0.717, 1.165) is 12.2 Å². The van der Waals surface area contributed by atoms with Crippen LogP contribution in [0.1, 0.15) is 57.2 Å². The van der Waals surface area contributed by atoms with Gasteiger partial charge in [-0.2, -0.15) is 0 Å². The predicted molar refractivity (Wildman–Crippen MR) is 70.4 cm³/mol. The molecule has 0 heterocycles. The number of hydrogen-bond acceptors (Lipinski definition) is 1. The maximum Gasteiger partial charge on any atom is 0.126 e. The third-order valence-corrected chi connectivity index (χ3v) is 2.75. The summed E-state index contributed by atoms with van der Waals surface area (Å²) >= 11 is 0. The van der Waals surface area contributed by atoms with Crippen LogP contribution in [0, 0.1) is 6.92 Å². The maximum atomic E-state index is 5.94. The van der Waals surface area contributed by atoms with Gasteiger partial charge < -0.3 is 4.74 Å². The van der Waals surface area contributed by atoms with Gasteiger partial charge in [0.2, 0.25) is 0 Å². The average Bonchev–Trinajstić information content (AvgIpc) is 2.19. The van der Waals surface area contributed by atoms with Crippen LogP contribution >= 0.6 is 0 Å². The largest absolute Gasteiger partial charge is 0.490 e. The molecule has 1 heteroatoms. The highest BCUT2D eigenvalue weighted by Gasteiger charge is 2.13. The average molecular weight is 220 g/mol. The van der Waals surface area contributed by atoms with E-state index in [1.807, 2.05) is 0 Å². The molecule has 1 nitrogen and oxygen atoms in total. The Morgan fingerprint density at radius 3 is 2.19 bits per heavy atom. The Kier molecular flexibility index (Phi) is 4.40. The summed E-state index contributed by atoms with van der Waals surface area (Å²) in [7, 11) is 0. The summed E-state index contributed by atoms with van der Waals surface area (Å²) in [6.07, 6.45) is 1.33. The molecule has 0 N–H and O–H groups in total. The van der Waals surface area contributed by atoms with E-state index in [4.69, 9.17) is 4.74 Å². The minimum atomic E-state index is 0.240. The van der Waals surface area contributed by atoms with Crippen molar-refractivity contribution in [2.45, 2.75) is 60.0 Å². The molecule has 1 rings (SSSR count). The van der Waals surface area contributed by atoms with Gasteiger partial charge in [-0.1, -0.05) is 32.9 Å². The van der Waals surface area contributed by atoms with Crippen molar-refractivity contribution < 1.29 is 4.74 Å². The van der Waals surface area contributed by atoms with Gasteiger partial charge >= 0.3 is 0 Å². The molecule has 0 saturated carbocycles. The van der Waals surface area contributed by atoms with Gasteiger partial charge in [0.15, 0.2) is 0 Å². The van der Waals surface area contributed by atoms with Crippen LogP contribution in [-0.2, 0) is 6.42 Å². The zero-order valence-electron chi connectivity index (χ0n) is 11.4. The minimum absolute atomic E-state index is 0.240. The molecule has 0 spiro atoms. The van der Waals surface area contributed by atoms with E-state index >= 15 is 0 Å². The van der Waals surface area contributed by atoms with Gasteiger partial charge in [0.25, 0.3) is 0 Å². The Bertz CT molecular complexity index is 351. The Morgan fingerprint density at radius 1 is 1.12 bits per heavy atom. The third-order valence-electron chi connectivity index (χ3n) is 2.75. The van der Waals surface area contributed by atoms with Crippen molar-refractivity contribution >= 4 is 0 Å². The second-order valence-electron chi connectivity index (χ2n) is 5.01. The molecule has 0 aromatic heterocycles. The molecule has 0 atom stereocenters. The van der Waals surface area contributed by atoms with E-state index in [2.05, 4.69) is 53.7 Å². The summed E-state index contributed by atoms with van der Waals surface area (Å²) in [6.45, 7) is 12.9. The van der Waals surface area contributed by atoms with Gasteiger partial charge in [-0.3, -0.25) is 0 Å². The van der Waals surface area contributed by atoms with E-state index in [-0.39, 0.29) is 6.10 Å². The number of hydrogen-bond donors (Lipinski definition) is 0. The van der Waals surface area contributed by atoms with E-state index < -0.39 is 0 Å². The molecule has 90 valence electrons. The highest BCUT2D eigenvalue weighted by Crippen LogP contribution is 2.32. The molecule has 0 aliphatic rings. The van der Waals surface area contributed by atoms with Crippen LogP contribution in [0.25, 0.3) is 0 Å². The van der Waals surface area contributed by atoms with Crippen molar-refractivity contribution in [3.8, 4) is 5.75 Å². The van der Waals surface area contributed by atoms with Crippen LogP contribution < -0.4 is 4.74 Å². The summed E-state index contributed by atoms with van der Waals surface area (Å²) in [4.78, 5) is 0. The van der Waals surface area contributed by atoms with Crippen molar-refractivity contribution in [1.82, 2.24) is 0 Å². The lowest BCUT2D eigenvalue weighted by Gasteiger charge is -2.20. The Morgan fingerprint density at radius 2 is 1.75 bits per heavy atom. The Balaban J connectivity index is 3.22. The first-order valence-electron chi connectivity index (χ1n) is 6.25. The summed E-state index contributed by atoms with van der Waals surface area (Å²) < 4.78 is 5.94. The molecule has 1 aromatic rings. The molecule has 0 bridgehead atoms. The highest BCUT2D eigenvalue weighted by molar-refractivity contribution is 5.45. The first kappa shape index (κ1) is 13.1. The second-order valence-corrected chi connectivity index (χ2v) is 5.01. The Labute approximate surface area is 99.8 Å². The van der Waals surface area contributed by atoms with Crippen molar-refractivity contribution in [3.05, 3.63) is 28.8 Å². The van der Waals surface area contributed by atoms with Crippen molar-refractivity contribution in [1.29, 1.82) is 0 Å². The molecule has 0 aliphatic carbocycles. The van der Waals surface area contributed by atoms with Gasteiger partial charge in [0, 0.05) is 0 Å². The van der Waals surface area contributed by atoms with Crippen LogP contribution in [0.4, 0.5) is 0 Å². The fourth-order valence-electron chi connectivity index (χ4n) is 1.91. The lowest BCUT2D eigenvalue weighted by atomic mass is 9.95. The second kappa shape index (κ2) is 5.38. The lowest BCUT2D eigenvalue weighted by Crippen LogP contribution is -2.10. The zero-order chi connectivity index (χ0) is 12.3. The molecule has 0 unspecified atom stereocenters. The normalized spacial score (nSPS) is 11.2. The molecule has 0 radical (unpaired) electrons. The number of aryl methyl sites for hydroxylation is 2. The zero-order valence-corrected chi connectivity index (χ0v) is 11.4. The smallest absolute Gasteiger partial charge is 0.126 e. The quantitative estimate of drug-likeness (QED) is 0.727. The third kappa shape index (κ3) is 3.01. The fourth-order valence-corrected chi connectivity index (χ4v) is 1.91. The lowest BCUT2D eigenvalue weighted by molar-refractivity contribution is 0.237.